The lowest BCUT2D eigenvalue weighted by atomic mass is 9.93. The molecule has 0 saturated carbocycles. The van der Waals surface area contributed by atoms with Crippen LogP contribution in [0, 0.1) is 0 Å². The second-order valence-electron chi connectivity index (χ2n) is 6.28. The Morgan fingerprint density at radius 1 is 1.09 bits per heavy atom. The third-order valence-corrected chi connectivity index (χ3v) is 4.50. The smallest absolute Gasteiger partial charge is 0.0706 e. The van der Waals surface area contributed by atoms with Crippen molar-refractivity contribution in [2.45, 2.75) is 19.8 Å². The number of aryl methyl sites for hydroxylation is 1. The first-order chi connectivity index (χ1) is 11.1. The van der Waals surface area contributed by atoms with Crippen molar-refractivity contribution in [3.63, 3.8) is 0 Å². The van der Waals surface area contributed by atoms with E-state index in [2.05, 4.69) is 49.6 Å². The molecule has 2 aliphatic rings. The van der Waals surface area contributed by atoms with Crippen LogP contribution in [0.1, 0.15) is 35.9 Å². The quantitative estimate of drug-likeness (QED) is 0.575. The van der Waals surface area contributed by atoms with Gasteiger partial charge in [0.1, 0.15) is 0 Å². The van der Waals surface area contributed by atoms with Gasteiger partial charge >= 0.3 is 0 Å². The summed E-state index contributed by atoms with van der Waals surface area (Å²) in [6.45, 7) is 10.1. The third-order valence-electron chi connectivity index (χ3n) is 4.50. The van der Waals surface area contributed by atoms with Crippen molar-refractivity contribution in [1.82, 2.24) is 4.98 Å². The van der Waals surface area contributed by atoms with Crippen molar-refractivity contribution in [2.75, 3.05) is 0 Å². The maximum absolute atomic E-state index is 4.90. The Kier molecular flexibility index (Phi) is 3.16. The highest BCUT2D eigenvalue weighted by Crippen LogP contribution is 2.48. The van der Waals surface area contributed by atoms with E-state index in [1.165, 1.54) is 33.5 Å². The van der Waals surface area contributed by atoms with Crippen LogP contribution < -0.4 is 0 Å². The number of aromatic nitrogens is 1. The van der Waals surface area contributed by atoms with Crippen molar-refractivity contribution in [1.29, 1.82) is 0 Å². The van der Waals surface area contributed by atoms with E-state index in [0.717, 1.165) is 29.7 Å². The Morgan fingerprint density at radius 2 is 1.87 bits per heavy atom. The monoisotopic (exact) mass is 297 g/mol. The summed E-state index contributed by atoms with van der Waals surface area (Å²) in [6.07, 6.45) is 8.41. The molecular weight excluding hydrogens is 278 g/mol. The van der Waals surface area contributed by atoms with Crippen LogP contribution in [0.25, 0.3) is 22.3 Å². The fraction of sp³-hybridized carbons (Fsp3) is 0.136. The van der Waals surface area contributed by atoms with Gasteiger partial charge in [-0.05, 0) is 53.7 Å². The van der Waals surface area contributed by atoms with Crippen LogP contribution in [0.2, 0.25) is 0 Å². The largest absolute Gasteiger partial charge is 0.252 e. The Balaban J connectivity index is 1.90. The molecule has 0 aliphatic heterocycles. The van der Waals surface area contributed by atoms with Crippen molar-refractivity contribution in [2.24, 2.45) is 0 Å². The van der Waals surface area contributed by atoms with Crippen molar-refractivity contribution in [3.05, 3.63) is 89.8 Å². The molecule has 0 unspecified atom stereocenters. The molecule has 1 aromatic heterocycles. The van der Waals surface area contributed by atoms with Gasteiger partial charge in [-0.15, -0.1) is 0 Å². The number of nitrogens with zero attached hydrogens (tertiary/aromatic N) is 1. The molecule has 4 rings (SSSR count). The average Bonchev–Trinajstić information content (AvgIpc) is 2.89. The minimum absolute atomic E-state index is 0.938. The summed E-state index contributed by atoms with van der Waals surface area (Å²) in [4.78, 5) is 4.90. The van der Waals surface area contributed by atoms with Crippen LogP contribution >= 0.6 is 0 Å². The first-order valence-corrected chi connectivity index (χ1v) is 8.02. The standard InChI is InChI=1S/C22H19N/c1-14(2)11-12-15(3)21-13-19-17-8-5-4-7-16(17)18-9-6-10-20(23-21)22(18)19/h4-5,7-9,11-13H,1,3,6,10H2,2H3/b12-11-. The summed E-state index contributed by atoms with van der Waals surface area (Å²) in [7, 11) is 0. The van der Waals surface area contributed by atoms with Gasteiger partial charge in [-0.25, -0.2) is 0 Å². The molecular formula is C22H19N. The molecule has 1 nitrogen and oxygen atoms in total. The zero-order chi connectivity index (χ0) is 16.0. The molecule has 0 fully saturated rings. The van der Waals surface area contributed by atoms with Crippen molar-refractivity contribution in [3.8, 4) is 11.1 Å². The highest BCUT2D eigenvalue weighted by atomic mass is 14.7. The molecule has 1 heterocycles. The van der Waals surface area contributed by atoms with Gasteiger partial charge < -0.3 is 0 Å². The second-order valence-corrected chi connectivity index (χ2v) is 6.28. The molecule has 2 aliphatic carbocycles. The maximum Gasteiger partial charge on any atom is 0.0706 e. The minimum atomic E-state index is 0.938. The minimum Gasteiger partial charge on any atom is -0.252 e. The topological polar surface area (TPSA) is 12.9 Å². The van der Waals surface area contributed by atoms with Crippen molar-refractivity contribution < 1.29 is 0 Å². The van der Waals surface area contributed by atoms with E-state index in [4.69, 9.17) is 4.98 Å². The maximum atomic E-state index is 4.90. The Hall–Kier alpha value is -2.67. The Labute approximate surface area is 137 Å². The molecule has 0 atom stereocenters. The highest BCUT2D eigenvalue weighted by Gasteiger charge is 2.29. The predicted octanol–water partition coefficient (Wildman–Crippen LogP) is 5.59. The van der Waals surface area contributed by atoms with Gasteiger partial charge in [0, 0.05) is 11.3 Å². The van der Waals surface area contributed by atoms with E-state index in [1.54, 1.807) is 0 Å². The number of pyridine rings is 1. The van der Waals surface area contributed by atoms with E-state index in [1.807, 2.05) is 19.1 Å². The Bertz CT molecular complexity index is 910. The lowest BCUT2D eigenvalue weighted by molar-refractivity contribution is 0.920. The highest BCUT2D eigenvalue weighted by molar-refractivity contribution is 6.03. The van der Waals surface area contributed by atoms with E-state index in [0.29, 0.717) is 0 Å². The second kappa shape index (κ2) is 5.20. The number of hydrogen-bond donors (Lipinski definition) is 0. The zero-order valence-electron chi connectivity index (χ0n) is 13.4. The average molecular weight is 297 g/mol. The molecule has 1 aromatic carbocycles. The van der Waals surface area contributed by atoms with Crippen LogP contribution in [0.15, 0.2) is 67.3 Å². The van der Waals surface area contributed by atoms with Crippen LogP contribution in [0.4, 0.5) is 0 Å². The van der Waals surface area contributed by atoms with E-state index < -0.39 is 0 Å². The summed E-state index contributed by atoms with van der Waals surface area (Å²) in [5.74, 6) is 0. The van der Waals surface area contributed by atoms with Gasteiger partial charge in [-0.1, -0.05) is 61.2 Å². The molecule has 23 heavy (non-hydrogen) atoms. The van der Waals surface area contributed by atoms with E-state index in [9.17, 15) is 0 Å². The van der Waals surface area contributed by atoms with Gasteiger partial charge in [0.15, 0.2) is 0 Å². The SMILES string of the molecule is C=C(C)/C=C\C(=C)c1cc2c3c(n1)CCC=C3c1ccccc1-2. The van der Waals surface area contributed by atoms with Gasteiger partial charge in [0.25, 0.3) is 0 Å². The zero-order valence-corrected chi connectivity index (χ0v) is 13.4. The number of benzene rings is 1. The summed E-state index contributed by atoms with van der Waals surface area (Å²) in [5, 5.41) is 0. The number of allylic oxidation sites excluding steroid dienone is 5. The van der Waals surface area contributed by atoms with E-state index >= 15 is 0 Å². The fourth-order valence-electron chi connectivity index (χ4n) is 3.44. The summed E-state index contributed by atoms with van der Waals surface area (Å²) in [5.41, 5.74) is 10.8. The van der Waals surface area contributed by atoms with Gasteiger partial charge in [0.2, 0.25) is 0 Å². The third kappa shape index (κ3) is 2.20. The summed E-state index contributed by atoms with van der Waals surface area (Å²) >= 11 is 0. The van der Waals surface area contributed by atoms with Crippen LogP contribution in [0.3, 0.4) is 0 Å². The van der Waals surface area contributed by atoms with Crippen LogP contribution in [-0.2, 0) is 6.42 Å². The first kappa shape index (κ1) is 14.0. The summed E-state index contributed by atoms with van der Waals surface area (Å²) in [6, 6.07) is 10.8. The van der Waals surface area contributed by atoms with Gasteiger partial charge in [-0.3, -0.25) is 4.98 Å². The molecule has 0 radical (unpaired) electrons. The van der Waals surface area contributed by atoms with Crippen molar-refractivity contribution >= 4 is 11.1 Å². The molecule has 0 N–H and O–H groups in total. The summed E-state index contributed by atoms with van der Waals surface area (Å²) < 4.78 is 0. The number of rotatable bonds is 3. The molecule has 1 heteroatoms. The molecule has 2 aromatic rings. The fourth-order valence-corrected chi connectivity index (χ4v) is 3.44. The van der Waals surface area contributed by atoms with Crippen LogP contribution in [0.5, 0.6) is 0 Å². The van der Waals surface area contributed by atoms with E-state index in [-0.39, 0.29) is 0 Å². The van der Waals surface area contributed by atoms with Gasteiger partial charge in [-0.2, -0.15) is 0 Å². The molecule has 0 saturated heterocycles. The molecule has 0 bridgehead atoms. The normalized spacial score (nSPS) is 14.4. The number of hydrogen-bond acceptors (Lipinski definition) is 1. The van der Waals surface area contributed by atoms with Crippen LogP contribution in [-0.4, -0.2) is 4.98 Å². The lowest BCUT2D eigenvalue weighted by Crippen LogP contribution is -2.03. The Morgan fingerprint density at radius 3 is 2.65 bits per heavy atom. The molecule has 0 spiro atoms. The lowest BCUT2D eigenvalue weighted by Gasteiger charge is -2.15. The van der Waals surface area contributed by atoms with Gasteiger partial charge in [0.05, 0.1) is 5.69 Å². The molecule has 112 valence electrons. The first-order valence-electron chi connectivity index (χ1n) is 8.02. The molecule has 0 amide bonds. The number of fused-ring (bicyclic) bond motifs is 3. The predicted molar refractivity (Wildman–Crippen MR) is 98.1 cm³/mol.